The minimum atomic E-state index is -0.855. The number of fused-ring (bicyclic) bond motifs is 3. The van der Waals surface area contributed by atoms with E-state index in [4.69, 9.17) is 4.74 Å². The number of nitrogens with zero attached hydrogens (tertiary/aromatic N) is 2. The number of likely N-dealkylation sites (N-methyl/N-ethyl adjacent to an activating group) is 1. The van der Waals surface area contributed by atoms with Gasteiger partial charge < -0.3 is 25.0 Å². The summed E-state index contributed by atoms with van der Waals surface area (Å²) >= 11 is 0. The van der Waals surface area contributed by atoms with Gasteiger partial charge in [0.1, 0.15) is 12.6 Å². The lowest BCUT2D eigenvalue weighted by Crippen LogP contribution is -2.52. The average molecular weight is 478 g/mol. The molecule has 8 nitrogen and oxygen atoms in total. The van der Waals surface area contributed by atoms with Gasteiger partial charge in [0, 0.05) is 31.0 Å². The molecule has 1 aliphatic heterocycles. The molecule has 1 saturated carbocycles. The third-order valence-corrected chi connectivity index (χ3v) is 7.63. The zero-order valence-corrected chi connectivity index (χ0v) is 20.1. The Balaban J connectivity index is 1.25. The number of carbonyl (C=O) groups excluding carboxylic acids is 2. The number of carboxylic acid groups (broad SMARTS) is 1. The summed E-state index contributed by atoms with van der Waals surface area (Å²) in [5, 5.41) is 12.3. The van der Waals surface area contributed by atoms with Gasteiger partial charge in [-0.2, -0.15) is 0 Å². The number of hydrogen-bond acceptors (Lipinski definition) is 5. The standard InChI is InChI=1S/C27H31N3O5/c1-29(2)14-23(24(31)30-13-22(25(32)33)27(16-30)11-12-27)28-26(34)35-15-21-19-9-5-3-7-17(19)18-8-4-6-10-20(18)21/h3-10,21-23H,11-16H2,1-2H3,(H,28,34)(H,32,33). The van der Waals surface area contributed by atoms with Crippen LogP contribution in [0.5, 0.6) is 0 Å². The van der Waals surface area contributed by atoms with E-state index in [1.165, 1.54) is 0 Å². The summed E-state index contributed by atoms with van der Waals surface area (Å²) in [6.07, 6.45) is 1.000. The summed E-state index contributed by atoms with van der Waals surface area (Å²) in [5.74, 6) is -1.73. The predicted molar refractivity (Wildman–Crippen MR) is 130 cm³/mol. The number of rotatable bonds is 7. The summed E-state index contributed by atoms with van der Waals surface area (Å²) in [7, 11) is 3.65. The number of carboxylic acids is 1. The highest BCUT2D eigenvalue weighted by Crippen LogP contribution is 2.56. The molecule has 35 heavy (non-hydrogen) atoms. The second-order valence-electron chi connectivity index (χ2n) is 10.3. The molecule has 8 heteroatoms. The monoisotopic (exact) mass is 477 g/mol. The van der Waals surface area contributed by atoms with Crippen molar-refractivity contribution in [2.75, 3.05) is 40.3 Å². The Morgan fingerprint density at radius 2 is 1.69 bits per heavy atom. The van der Waals surface area contributed by atoms with E-state index < -0.39 is 24.0 Å². The highest BCUT2D eigenvalue weighted by molar-refractivity contribution is 5.87. The van der Waals surface area contributed by atoms with Crippen molar-refractivity contribution in [1.29, 1.82) is 0 Å². The molecule has 184 valence electrons. The molecular formula is C27H31N3O5. The quantitative estimate of drug-likeness (QED) is 0.636. The van der Waals surface area contributed by atoms with Crippen LogP contribution in [0, 0.1) is 11.3 Å². The van der Waals surface area contributed by atoms with Crippen molar-refractivity contribution in [1.82, 2.24) is 15.1 Å². The van der Waals surface area contributed by atoms with Crippen LogP contribution < -0.4 is 5.32 Å². The van der Waals surface area contributed by atoms with E-state index in [2.05, 4.69) is 29.6 Å². The Morgan fingerprint density at radius 3 is 2.20 bits per heavy atom. The van der Waals surface area contributed by atoms with Gasteiger partial charge in [0.15, 0.2) is 0 Å². The van der Waals surface area contributed by atoms with E-state index >= 15 is 0 Å². The number of benzene rings is 2. The number of likely N-dealkylation sites (tertiary alicyclic amines) is 1. The van der Waals surface area contributed by atoms with Crippen molar-refractivity contribution in [2.24, 2.45) is 11.3 Å². The SMILES string of the molecule is CN(C)CC(NC(=O)OCC1c2ccccc2-c2ccccc21)C(=O)N1CC(C(=O)O)C2(CC2)C1. The van der Waals surface area contributed by atoms with Gasteiger partial charge in [0.25, 0.3) is 0 Å². The smallest absolute Gasteiger partial charge is 0.407 e. The predicted octanol–water partition coefficient (Wildman–Crippen LogP) is 2.78. The van der Waals surface area contributed by atoms with Gasteiger partial charge in [0.05, 0.1) is 5.92 Å². The van der Waals surface area contributed by atoms with Gasteiger partial charge in [-0.05, 0) is 49.2 Å². The molecule has 5 rings (SSSR count). The lowest BCUT2D eigenvalue weighted by molar-refractivity contribution is -0.143. The van der Waals surface area contributed by atoms with Crippen LogP contribution in [0.15, 0.2) is 48.5 Å². The summed E-state index contributed by atoms with van der Waals surface area (Å²) < 4.78 is 5.64. The van der Waals surface area contributed by atoms with Gasteiger partial charge >= 0.3 is 12.1 Å². The molecule has 2 amide bonds. The maximum atomic E-state index is 13.3. The molecule has 0 radical (unpaired) electrons. The molecular weight excluding hydrogens is 446 g/mol. The molecule has 2 unspecified atom stereocenters. The fourth-order valence-corrected chi connectivity index (χ4v) is 5.70. The third-order valence-electron chi connectivity index (χ3n) is 7.63. The zero-order valence-electron chi connectivity index (χ0n) is 20.1. The van der Waals surface area contributed by atoms with Crippen LogP contribution in [0.25, 0.3) is 11.1 Å². The van der Waals surface area contributed by atoms with E-state index in [1.54, 1.807) is 4.90 Å². The van der Waals surface area contributed by atoms with Gasteiger partial charge in [-0.15, -0.1) is 0 Å². The summed E-state index contributed by atoms with van der Waals surface area (Å²) in [6, 6.07) is 15.4. The molecule has 1 saturated heterocycles. The molecule has 2 aromatic rings. The van der Waals surface area contributed by atoms with E-state index in [-0.39, 0.29) is 30.4 Å². The lowest BCUT2D eigenvalue weighted by Gasteiger charge is -2.26. The molecule has 3 aliphatic rings. The Bertz CT molecular complexity index is 1110. The summed E-state index contributed by atoms with van der Waals surface area (Å²) in [4.78, 5) is 41.3. The highest BCUT2D eigenvalue weighted by atomic mass is 16.5. The Kier molecular flexibility index (Phi) is 6.01. The van der Waals surface area contributed by atoms with Crippen LogP contribution in [0.1, 0.15) is 29.9 Å². The molecule has 0 bridgehead atoms. The second-order valence-corrected chi connectivity index (χ2v) is 10.3. The number of carbonyl (C=O) groups is 3. The van der Waals surface area contributed by atoms with Crippen LogP contribution in [0.3, 0.4) is 0 Å². The fraction of sp³-hybridized carbons (Fsp3) is 0.444. The minimum absolute atomic E-state index is 0.0687. The average Bonchev–Trinajstić information content (AvgIpc) is 3.38. The fourth-order valence-electron chi connectivity index (χ4n) is 5.70. The maximum absolute atomic E-state index is 13.3. The normalized spacial score (nSPS) is 20.4. The van der Waals surface area contributed by atoms with Gasteiger partial charge in [-0.25, -0.2) is 4.79 Å². The van der Waals surface area contributed by atoms with Crippen molar-refractivity contribution in [3.63, 3.8) is 0 Å². The molecule has 2 aromatic carbocycles. The third kappa shape index (κ3) is 4.38. The molecule has 2 N–H and O–H groups in total. The number of ether oxygens (including phenoxy) is 1. The van der Waals surface area contributed by atoms with Crippen LogP contribution >= 0.6 is 0 Å². The van der Waals surface area contributed by atoms with Crippen LogP contribution in [-0.2, 0) is 14.3 Å². The first-order chi connectivity index (χ1) is 16.8. The Hall–Kier alpha value is -3.39. The second kappa shape index (κ2) is 9.00. The van der Waals surface area contributed by atoms with Crippen molar-refractivity contribution >= 4 is 18.0 Å². The zero-order chi connectivity index (χ0) is 24.7. The van der Waals surface area contributed by atoms with E-state index in [0.717, 1.165) is 35.1 Å². The van der Waals surface area contributed by atoms with Gasteiger partial charge in [-0.3, -0.25) is 9.59 Å². The summed E-state index contributed by atoms with van der Waals surface area (Å²) in [6.45, 7) is 1.07. The largest absolute Gasteiger partial charge is 0.481 e. The van der Waals surface area contributed by atoms with E-state index in [1.807, 2.05) is 43.3 Å². The molecule has 0 aromatic heterocycles. The number of aliphatic carboxylic acids is 1. The minimum Gasteiger partial charge on any atom is -0.481 e. The van der Waals surface area contributed by atoms with Crippen molar-refractivity contribution in [2.45, 2.75) is 24.8 Å². The van der Waals surface area contributed by atoms with Crippen LogP contribution in [-0.4, -0.2) is 79.3 Å². The molecule has 1 spiro atoms. The molecule has 2 atom stereocenters. The first-order valence-electron chi connectivity index (χ1n) is 12.1. The van der Waals surface area contributed by atoms with Crippen LogP contribution in [0.2, 0.25) is 0 Å². The Morgan fingerprint density at radius 1 is 1.09 bits per heavy atom. The van der Waals surface area contributed by atoms with E-state index in [9.17, 15) is 19.5 Å². The van der Waals surface area contributed by atoms with Crippen molar-refractivity contribution in [3.8, 4) is 11.1 Å². The molecule has 2 fully saturated rings. The molecule has 1 heterocycles. The number of nitrogens with one attached hydrogen (secondary N) is 1. The first kappa shape index (κ1) is 23.4. The lowest BCUT2D eigenvalue weighted by atomic mass is 9.93. The summed E-state index contributed by atoms with van der Waals surface area (Å²) in [5.41, 5.74) is 4.24. The number of hydrogen-bond donors (Lipinski definition) is 2. The maximum Gasteiger partial charge on any atom is 0.407 e. The Labute approximate surface area is 204 Å². The van der Waals surface area contributed by atoms with Crippen molar-refractivity contribution in [3.05, 3.63) is 59.7 Å². The van der Waals surface area contributed by atoms with Gasteiger partial charge in [-0.1, -0.05) is 48.5 Å². The molecule has 2 aliphatic carbocycles. The van der Waals surface area contributed by atoms with Gasteiger partial charge in [0.2, 0.25) is 5.91 Å². The van der Waals surface area contributed by atoms with Crippen LogP contribution in [0.4, 0.5) is 4.79 Å². The highest BCUT2D eigenvalue weighted by Gasteiger charge is 2.59. The number of alkyl carbamates (subject to hydrolysis) is 1. The van der Waals surface area contributed by atoms with E-state index in [0.29, 0.717) is 13.1 Å². The number of amides is 2. The first-order valence-corrected chi connectivity index (χ1v) is 12.1. The van der Waals surface area contributed by atoms with Crippen molar-refractivity contribution < 1.29 is 24.2 Å². The topological polar surface area (TPSA) is 99.2 Å².